The van der Waals surface area contributed by atoms with Crippen LogP contribution in [0.3, 0.4) is 0 Å². The molecule has 100 valence electrons. The third kappa shape index (κ3) is 2.21. The predicted molar refractivity (Wildman–Crippen MR) is 80.4 cm³/mol. The molecule has 0 aliphatic carbocycles. The van der Waals surface area contributed by atoms with Crippen LogP contribution in [-0.2, 0) is 13.5 Å². The average molecular weight is 285 g/mol. The standard InChI is InChI=1S/C16H13ClN2O/c1-19-15-5-3-2-4-14(15)18-16(19)9-11-6-7-13(17)12(8-11)10-20/h2-8,10H,9H2,1H3. The Morgan fingerprint density at radius 3 is 2.80 bits per heavy atom. The molecule has 3 nitrogen and oxygen atoms in total. The maximum absolute atomic E-state index is 10.9. The van der Waals surface area contributed by atoms with E-state index in [9.17, 15) is 4.79 Å². The van der Waals surface area contributed by atoms with E-state index in [2.05, 4.69) is 9.55 Å². The minimum atomic E-state index is 0.480. The fourth-order valence-corrected chi connectivity index (χ4v) is 2.49. The maximum Gasteiger partial charge on any atom is 0.151 e. The van der Waals surface area contributed by atoms with Gasteiger partial charge < -0.3 is 4.57 Å². The van der Waals surface area contributed by atoms with E-state index in [1.54, 1.807) is 6.07 Å². The summed E-state index contributed by atoms with van der Waals surface area (Å²) in [5, 5.41) is 0.480. The fourth-order valence-electron chi connectivity index (χ4n) is 2.33. The van der Waals surface area contributed by atoms with Crippen molar-refractivity contribution in [3.63, 3.8) is 0 Å². The second-order valence-corrected chi connectivity index (χ2v) is 5.13. The molecule has 0 fully saturated rings. The molecule has 0 saturated heterocycles. The highest BCUT2D eigenvalue weighted by Gasteiger charge is 2.09. The van der Waals surface area contributed by atoms with Gasteiger partial charge in [0, 0.05) is 19.0 Å². The molecule has 0 unspecified atom stereocenters. The van der Waals surface area contributed by atoms with Gasteiger partial charge in [-0.25, -0.2) is 4.98 Å². The van der Waals surface area contributed by atoms with Gasteiger partial charge in [0.1, 0.15) is 5.82 Å². The van der Waals surface area contributed by atoms with E-state index in [0.29, 0.717) is 17.0 Å². The molecule has 0 bridgehead atoms. The van der Waals surface area contributed by atoms with Gasteiger partial charge in [0.2, 0.25) is 0 Å². The number of hydrogen-bond acceptors (Lipinski definition) is 2. The summed E-state index contributed by atoms with van der Waals surface area (Å²) in [7, 11) is 2.00. The first-order chi connectivity index (χ1) is 9.69. The van der Waals surface area contributed by atoms with Gasteiger partial charge in [0.05, 0.1) is 16.1 Å². The molecule has 1 heterocycles. The monoisotopic (exact) mass is 284 g/mol. The number of rotatable bonds is 3. The first-order valence-electron chi connectivity index (χ1n) is 6.33. The Bertz CT molecular complexity index is 792. The van der Waals surface area contributed by atoms with Gasteiger partial charge in [-0.3, -0.25) is 4.79 Å². The second-order valence-electron chi connectivity index (χ2n) is 4.73. The van der Waals surface area contributed by atoms with Crippen LogP contribution >= 0.6 is 11.6 Å². The lowest BCUT2D eigenvalue weighted by molar-refractivity contribution is 0.112. The number of carbonyl (C=O) groups excluding carboxylic acids is 1. The summed E-state index contributed by atoms with van der Waals surface area (Å²) in [6.07, 6.45) is 1.45. The highest BCUT2D eigenvalue weighted by molar-refractivity contribution is 6.32. The molecule has 4 heteroatoms. The Balaban J connectivity index is 2.01. The maximum atomic E-state index is 10.9. The molecule has 0 amide bonds. The van der Waals surface area contributed by atoms with Gasteiger partial charge in [-0.15, -0.1) is 0 Å². The Morgan fingerprint density at radius 2 is 2.05 bits per heavy atom. The summed E-state index contributed by atoms with van der Waals surface area (Å²) in [4.78, 5) is 15.6. The second kappa shape index (κ2) is 5.10. The van der Waals surface area contributed by atoms with E-state index >= 15 is 0 Å². The number of hydrogen-bond donors (Lipinski definition) is 0. The van der Waals surface area contributed by atoms with Crippen molar-refractivity contribution in [1.82, 2.24) is 9.55 Å². The lowest BCUT2D eigenvalue weighted by atomic mass is 10.1. The van der Waals surface area contributed by atoms with Crippen LogP contribution in [0.15, 0.2) is 42.5 Å². The van der Waals surface area contributed by atoms with Gasteiger partial charge >= 0.3 is 0 Å². The molecule has 3 aromatic rings. The van der Waals surface area contributed by atoms with E-state index in [4.69, 9.17) is 11.6 Å². The molecule has 1 aromatic heterocycles. The van der Waals surface area contributed by atoms with Crippen molar-refractivity contribution in [3.05, 3.63) is 64.4 Å². The number of fused-ring (bicyclic) bond motifs is 1. The third-order valence-electron chi connectivity index (χ3n) is 3.43. The van der Waals surface area contributed by atoms with Crippen molar-refractivity contribution < 1.29 is 4.79 Å². The summed E-state index contributed by atoms with van der Waals surface area (Å²) in [6, 6.07) is 13.5. The number of nitrogens with zero attached hydrogens (tertiary/aromatic N) is 2. The summed E-state index contributed by atoms with van der Waals surface area (Å²) in [5.74, 6) is 0.963. The van der Waals surface area contributed by atoms with E-state index in [-0.39, 0.29) is 0 Å². The fraction of sp³-hybridized carbons (Fsp3) is 0.125. The molecule has 0 aliphatic heterocycles. The predicted octanol–water partition coefficient (Wildman–Crippen LogP) is 3.63. The molecule has 0 radical (unpaired) electrons. The van der Waals surface area contributed by atoms with Crippen molar-refractivity contribution in [2.75, 3.05) is 0 Å². The lowest BCUT2D eigenvalue weighted by Crippen LogP contribution is -1.99. The third-order valence-corrected chi connectivity index (χ3v) is 3.77. The molecule has 3 rings (SSSR count). The Labute approximate surface area is 121 Å². The summed E-state index contributed by atoms with van der Waals surface area (Å²) in [6.45, 7) is 0. The number of aldehydes is 1. The summed E-state index contributed by atoms with van der Waals surface area (Å²) in [5.41, 5.74) is 3.62. The van der Waals surface area contributed by atoms with Crippen molar-refractivity contribution in [1.29, 1.82) is 0 Å². The van der Waals surface area contributed by atoms with Gasteiger partial charge in [-0.2, -0.15) is 0 Å². The minimum Gasteiger partial charge on any atom is -0.331 e. The normalized spacial score (nSPS) is 10.9. The first kappa shape index (κ1) is 12.9. The lowest BCUT2D eigenvalue weighted by Gasteiger charge is -2.04. The van der Waals surface area contributed by atoms with Crippen LogP contribution in [0.1, 0.15) is 21.7 Å². The highest BCUT2D eigenvalue weighted by atomic mass is 35.5. The number of benzene rings is 2. The molecule has 0 atom stereocenters. The van der Waals surface area contributed by atoms with Crippen molar-refractivity contribution in [2.45, 2.75) is 6.42 Å². The SMILES string of the molecule is Cn1c(Cc2ccc(Cl)c(C=O)c2)nc2ccccc21. The van der Waals surface area contributed by atoms with E-state index in [1.165, 1.54) is 0 Å². The Kier molecular flexibility index (Phi) is 3.28. The molecule has 0 spiro atoms. The van der Waals surface area contributed by atoms with Gasteiger partial charge in [-0.1, -0.05) is 29.8 Å². The quantitative estimate of drug-likeness (QED) is 0.689. The van der Waals surface area contributed by atoms with Crippen LogP contribution < -0.4 is 0 Å². The molecule has 0 aliphatic rings. The molecule has 0 N–H and O–H groups in total. The zero-order valence-corrected chi connectivity index (χ0v) is 11.8. The molecular formula is C16H13ClN2O. The number of halogens is 1. The molecule has 0 saturated carbocycles. The largest absolute Gasteiger partial charge is 0.331 e. The topological polar surface area (TPSA) is 34.9 Å². The van der Waals surface area contributed by atoms with Crippen LogP contribution in [0, 0.1) is 0 Å². The van der Waals surface area contributed by atoms with Gasteiger partial charge in [-0.05, 0) is 29.8 Å². The molecule has 20 heavy (non-hydrogen) atoms. The van der Waals surface area contributed by atoms with Crippen LogP contribution in [0.2, 0.25) is 5.02 Å². The number of aryl methyl sites for hydroxylation is 1. The van der Waals surface area contributed by atoms with Crippen LogP contribution in [0.25, 0.3) is 11.0 Å². The van der Waals surface area contributed by atoms with Crippen LogP contribution in [0.5, 0.6) is 0 Å². The number of carbonyl (C=O) groups is 1. The number of imidazole rings is 1. The zero-order valence-electron chi connectivity index (χ0n) is 11.0. The highest BCUT2D eigenvalue weighted by Crippen LogP contribution is 2.20. The van der Waals surface area contributed by atoms with E-state index in [0.717, 1.165) is 28.7 Å². The molecule has 2 aromatic carbocycles. The minimum absolute atomic E-state index is 0.480. The average Bonchev–Trinajstić information content (AvgIpc) is 2.78. The summed E-state index contributed by atoms with van der Waals surface area (Å²) < 4.78 is 2.07. The van der Waals surface area contributed by atoms with E-state index < -0.39 is 0 Å². The molecular weight excluding hydrogens is 272 g/mol. The van der Waals surface area contributed by atoms with Gasteiger partial charge in [0.25, 0.3) is 0 Å². The smallest absolute Gasteiger partial charge is 0.151 e. The van der Waals surface area contributed by atoms with E-state index in [1.807, 2.05) is 43.4 Å². The van der Waals surface area contributed by atoms with Crippen molar-refractivity contribution in [2.24, 2.45) is 7.05 Å². The summed E-state index contributed by atoms with van der Waals surface area (Å²) >= 11 is 5.94. The Morgan fingerprint density at radius 1 is 1.25 bits per heavy atom. The number of para-hydroxylation sites is 2. The van der Waals surface area contributed by atoms with Crippen molar-refractivity contribution >= 4 is 28.9 Å². The van der Waals surface area contributed by atoms with Crippen LogP contribution in [0.4, 0.5) is 0 Å². The zero-order chi connectivity index (χ0) is 14.1. The number of aromatic nitrogens is 2. The Hall–Kier alpha value is -2.13. The van der Waals surface area contributed by atoms with Gasteiger partial charge in [0.15, 0.2) is 6.29 Å². The first-order valence-corrected chi connectivity index (χ1v) is 6.71. The van der Waals surface area contributed by atoms with Crippen LogP contribution in [-0.4, -0.2) is 15.8 Å². The van der Waals surface area contributed by atoms with Crippen molar-refractivity contribution in [3.8, 4) is 0 Å².